The van der Waals surface area contributed by atoms with Crippen LogP contribution in [0.15, 0.2) is 54.9 Å². The molecule has 1 amide bonds. The third kappa shape index (κ3) is 5.01. The number of nitrogens with one attached hydrogen (secondary N) is 2. The number of hydrogen-bond donors (Lipinski definition) is 2. The molecule has 0 spiro atoms. The molecule has 0 saturated heterocycles. The van der Waals surface area contributed by atoms with E-state index in [1.54, 1.807) is 24.1 Å². The number of carbonyl (C=O) groups is 1. The molecule has 0 bridgehead atoms. The van der Waals surface area contributed by atoms with Crippen molar-refractivity contribution in [3.05, 3.63) is 71.0 Å². The molecule has 3 rings (SSSR count). The maximum atomic E-state index is 12.1. The van der Waals surface area contributed by atoms with E-state index in [0.717, 1.165) is 28.3 Å². The van der Waals surface area contributed by atoms with Gasteiger partial charge in [-0.3, -0.25) is 4.79 Å². The molecule has 140 valence electrons. The molecule has 2 aromatic carbocycles. The van der Waals surface area contributed by atoms with Crippen molar-refractivity contribution >= 4 is 23.2 Å². The number of anilines is 1. The zero-order valence-corrected chi connectivity index (χ0v) is 16.0. The van der Waals surface area contributed by atoms with E-state index in [2.05, 4.69) is 15.7 Å². The summed E-state index contributed by atoms with van der Waals surface area (Å²) in [7, 11) is 1.63. The van der Waals surface area contributed by atoms with Gasteiger partial charge in [0, 0.05) is 35.1 Å². The van der Waals surface area contributed by atoms with E-state index in [1.165, 1.54) is 0 Å². The normalized spacial score (nSPS) is 10.5. The summed E-state index contributed by atoms with van der Waals surface area (Å²) >= 11 is 5.94. The number of methoxy groups -OCH3 is 1. The van der Waals surface area contributed by atoms with Crippen LogP contribution in [0.5, 0.6) is 5.75 Å². The molecule has 1 aromatic heterocycles. The average Bonchev–Trinajstić information content (AvgIpc) is 3.15. The maximum Gasteiger partial charge on any atom is 0.239 e. The van der Waals surface area contributed by atoms with Gasteiger partial charge in [-0.2, -0.15) is 5.10 Å². The summed E-state index contributed by atoms with van der Waals surface area (Å²) in [5, 5.41) is 11.0. The Kier molecular flexibility index (Phi) is 5.98. The predicted octanol–water partition coefficient (Wildman–Crippen LogP) is 3.57. The molecule has 1 heterocycles. The first-order valence-electron chi connectivity index (χ1n) is 8.50. The molecule has 0 unspecified atom stereocenters. The van der Waals surface area contributed by atoms with Crippen molar-refractivity contribution in [1.29, 1.82) is 0 Å². The number of ether oxygens (including phenoxy) is 1. The third-order valence-corrected chi connectivity index (χ3v) is 4.31. The number of aryl methyl sites for hydroxylation is 1. The van der Waals surface area contributed by atoms with Gasteiger partial charge in [0.2, 0.25) is 5.91 Å². The second kappa shape index (κ2) is 8.60. The van der Waals surface area contributed by atoms with Crippen LogP contribution in [-0.4, -0.2) is 29.3 Å². The smallest absolute Gasteiger partial charge is 0.239 e. The monoisotopic (exact) mass is 384 g/mol. The van der Waals surface area contributed by atoms with Crippen LogP contribution in [0.4, 0.5) is 5.69 Å². The highest BCUT2D eigenvalue weighted by Gasteiger charge is 2.06. The van der Waals surface area contributed by atoms with E-state index in [9.17, 15) is 4.79 Å². The first-order valence-corrected chi connectivity index (χ1v) is 8.87. The number of amides is 1. The summed E-state index contributed by atoms with van der Waals surface area (Å²) in [6.07, 6.45) is 3.61. The van der Waals surface area contributed by atoms with Crippen LogP contribution in [-0.2, 0) is 11.3 Å². The highest BCUT2D eigenvalue weighted by atomic mass is 35.5. The van der Waals surface area contributed by atoms with E-state index in [-0.39, 0.29) is 12.5 Å². The molecular formula is C20H21ClN4O2. The van der Waals surface area contributed by atoms with Gasteiger partial charge in [-0.15, -0.1) is 0 Å². The summed E-state index contributed by atoms with van der Waals surface area (Å²) in [4.78, 5) is 12.1. The Balaban J connectivity index is 1.52. The Morgan fingerprint density at radius 3 is 2.89 bits per heavy atom. The fourth-order valence-electron chi connectivity index (χ4n) is 2.61. The molecule has 6 nitrogen and oxygen atoms in total. The lowest BCUT2D eigenvalue weighted by atomic mass is 10.2. The van der Waals surface area contributed by atoms with E-state index < -0.39 is 0 Å². The number of benzene rings is 2. The fourth-order valence-corrected chi connectivity index (χ4v) is 2.84. The van der Waals surface area contributed by atoms with Gasteiger partial charge >= 0.3 is 0 Å². The highest BCUT2D eigenvalue weighted by molar-refractivity contribution is 6.30. The van der Waals surface area contributed by atoms with E-state index in [0.29, 0.717) is 11.6 Å². The maximum absolute atomic E-state index is 12.1. The van der Waals surface area contributed by atoms with E-state index in [4.69, 9.17) is 16.3 Å². The molecule has 0 radical (unpaired) electrons. The fraction of sp³-hybridized carbons (Fsp3) is 0.200. The van der Waals surface area contributed by atoms with Gasteiger partial charge in [-0.05, 0) is 42.8 Å². The number of rotatable bonds is 7. The predicted molar refractivity (Wildman–Crippen MR) is 107 cm³/mol. The van der Waals surface area contributed by atoms with Crippen molar-refractivity contribution in [2.24, 2.45) is 0 Å². The van der Waals surface area contributed by atoms with Crippen molar-refractivity contribution in [3.63, 3.8) is 0 Å². The zero-order chi connectivity index (χ0) is 19.2. The molecule has 0 aliphatic carbocycles. The molecule has 7 heteroatoms. The summed E-state index contributed by atoms with van der Waals surface area (Å²) < 4.78 is 6.98. The Bertz CT molecular complexity index is 939. The van der Waals surface area contributed by atoms with Gasteiger partial charge in [0.15, 0.2) is 0 Å². The third-order valence-electron chi connectivity index (χ3n) is 4.07. The van der Waals surface area contributed by atoms with Gasteiger partial charge < -0.3 is 15.4 Å². The van der Waals surface area contributed by atoms with Gasteiger partial charge in [-0.1, -0.05) is 17.7 Å². The molecule has 2 N–H and O–H groups in total. The molecule has 27 heavy (non-hydrogen) atoms. The van der Waals surface area contributed by atoms with Crippen LogP contribution < -0.4 is 15.4 Å². The van der Waals surface area contributed by atoms with Crippen molar-refractivity contribution in [3.8, 4) is 11.4 Å². The number of halogens is 1. The van der Waals surface area contributed by atoms with Crippen molar-refractivity contribution < 1.29 is 9.53 Å². The minimum Gasteiger partial charge on any atom is -0.497 e. The number of hydrogen-bond acceptors (Lipinski definition) is 4. The average molecular weight is 385 g/mol. The van der Waals surface area contributed by atoms with Crippen LogP contribution in [0, 0.1) is 6.92 Å². The van der Waals surface area contributed by atoms with Crippen LogP contribution in [0.3, 0.4) is 0 Å². The van der Waals surface area contributed by atoms with E-state index in [1.807, 2.05) is 49.5 Å². The molecular weight excluding hydrogens is 364 g/mol. The lowest BCUT2D eigenvalue weighted by Crippen LogP contribution is -2.29. The van der Waals surface area contributed by atoms with Crippen LogP contribution in [0.2, 0.25) is 5.02 Å². The van der Waals surface area contributed by atoms with Crippen molar-refractivity contribution in [2.45, 2.75) is 13.5 Å². The van der Waals surface area contributed by atoms with Gasteiger partial charge in [0.25, 0.3) is 0 Å². The summed E-state index contributed by atoms with van der Waals surface area (Å²) in [6, 6.07) is 13.1. The summed E-state index contributed by atoms with van der Waals surface area (Å²) in [5.41, 5.74) is 3.69. The minimum atomic E-state index is -0.0986. The van der Waals surface area contributed by atoms with Gasteiger partial charge in [0.05, 0.1) is 25.5 Å². The summed E-state index contributed by atoms with van der Waals surface area (Å²) in [5.74, 6) is 0.667. The second-order valence-electron chi connectivity index (χ2n) is 6.08. The Morgan fingerprint density at radius 1 is 1.26 bits per heavy atom. The van der Waals surface area contributed by atoms with Crippen molar-refractivity contribution in [2.75, 3.05) is 19.0 Å². The highest BCUT2D eigenvalue weighted by Crippen LogP contribution is 2.19. The molecule has 3 aromatic rings. The lowest BCUT2D eigenvalue weighted by molar-refractivity contribution is -0.119. The standard InChI is InChI=1S/C20H21ClN4O2/c1-14-8-16(21)6-7-19(14)22-12-20(26)23-10-15-11-24-25(13-15)17-4-3-5-18(9-17)27-2/h3-9,11,13,22H,10,12H2,1-2H3,(H,23,26). The van der Waals surface area contributed by atoms with E-state index >= 15 is 0 Å². The Hall–Kier alpha value is -2.99. The van der Waals surface area contributed by atoms with Crippen LogP contribution in [0.25, 0.3) is 5.69 Å². The van der Waals surface area contributed by atoms with Gasteiger partial charge in [0.1, 0.15) is 5.75 Å². The van der Waals surface area contributed by atoms with Crippen LogP contribution >= 0.6 is 11.6 Å². The molecule has 0 saturated carbocycles. The minimum absolute atomic E-state index is 0.0986. The Morgan fingerprint density at radius 2 is 2.11 bits per heavy atom. The lowest BCUT2D eigenvalue weighted by Gasteiger charge is -2.10. The van der Waals surface area contributed by atoms with Crippen molar-refractivity contribution in [1.82, 2.24) is 15.1 Å². The molecule has 0 fully saturated rings. The molecule has 0 atom stereocenters. The Labute approximate surface area is 163 Å². The topological polar surface area (TPSA) is 68.2 Å². The zero-order valence-electron chi connectivity index (χ0n) is 15.2. The number of carbonyl (C=O) groups excluding carboxylic acids is 1. The second-order valence-corrected chi connectivity index (χ2v) is 6.52. The first kappa shape index (κ1) is 18.8. The molecule has 0 aliphatic rings. The number of aromatic nitrogens is 2. The van der Waals surface area contributed by atoms with Gasteiger partial charge in [-0.25, -0.2) is 4.68 Å². The number of nitrogens with zero attached hydrogens (tertiary/aromatic N) is 2. The van der Waals surface area contributed by atoms with Crippen LogP contribution in [0.1, 0.15) is 11.1 Å². The SMILES string of the molecule is COc1cccc(-n2cc(CNC(=O)CNc3ccc(Cl)cc3C)cn2)c1. The first-order chi connectivity index (χ1) is 13.0. The quantitative estimate of drug-likeness (QED) is 0.653. The summed E-state index contributed by atoms with van der Waals surface area (Å²) in [6.45, 7) is 2.54. The molecule has 0 aliphatic heterocycles. The largest absolute Gasteiger partial charge is 0.497 e.